The Labute approximate surface area is 102 Å². The van der Waals surface area contributed by atoms with E-state index in [1.54, 1.807) is 0 Å². The van der Waals surface area contributed by atoms with Crippen LogP contribution in [0, 0.1) is 13.8 Å². The summed E-state index contributed by atoms with van der Waals surface area (Å²) in [6.45, 7) is 4.81. The molecule has 0 unspecified atom stereocenters. The Morgan fingerprint density at radius 3 is 2.71 bits per heavy atom. The molecule has 3 heteroatoms. The average Bonchev–Trinajstić information content (AvgIpc) is 2.54. The second-order valence-corrected chi connectivity index (χ2v) is 4.44. The minimum Gasteiger partial charge on any atom is -0.330 e. The van der Waals surface area contributed by atoms with Crippen LogP contribution < -0.4 is 5.73 Å². The summed E-state index contributed by atoms with van der Waals surface area (Å²) in [5.74, 6) is 0. The zero-order valence-electron chi connectivity index (χ0n) is 10.7. The molecule has 17 heavy (non-hydrogen) atoms. The highest BCUT2D eigenvalue weighted by Gasteiger charge is 2.14. The Morgan fingerprint density at radius 2 is 2.06 bits per heavy atom. The number of aryl methyl sites for hydroxylation is 3. The molecule has 0 fully saturated rings. The summed E-state index contributed by atoms with van der Waals surface area (Å²) in [6.07, 6.45) is 0.862. The number of nitrogens with two attached hydrogens (primary N) is 1. The van der Waals surface area contributed by atoms with Gasteiger partial charge in [-0.1, -0.05) is 29.8 Å². The maximum absolute atomic E-state index is 5.67. The largest absolute Gasteiger partial charge is 0.330 e. The average molecular weight is 229 g/mol. The van der Waals surface area contributed by atoms with Crippen LogP contribution in [0.15, 0.2) is 24.3 Å². The molecule has 0 saturated heterocycles. The third kappa shape index (κ3) is 2.24. The van der Waals surface area contributed by atoms with E-state index >= 15 is 0 Å². The molecule has 2 rings (SSSR count). The summed E-state index contributed by atoms with van der Waals surface area (Å²) in [5.41, 5.74) is 11.7. The number of benzene rings is 1. The highest BCUT2D eigenvalue weighted by molar-refractivity contribution is 5.69. The van der Waals surface area contributed by atoms with Gasteiger partial charge in [0.15, 0.2) is 0 Å². The molecule has 3 nitrogen and oxygen atoms in total. The molecule has 0 radical (unpaired) electrons. The SMILES string of the molecule is Cc1cccc(-c2c(C)nn(C)c2CCN)c1. The van der Waals surface area contributed by atoms with Gasteiger partial charge < -0.3 is 5.73 Å². The van der Waals surface area contributed by atoms with Crippen molar-refractivity contribution in [3.05, 3.63) is 41.2 Å². The van der Waals surface area contributed by atoms with Crippen LogP contribution in [0.1, 0.15) is 17.0 Å². The lowest BCUT2D eigenvalue weighted by Gasteiger charge is -2.06. The van der Waals surface area contributed by atoms with E-state index in [9.17, 15) is 0 Å². The molecular weight excluding hydrogens is 210 g/mol. The van der Waals surface area contributed by atoms with Crippen molar-refractivity contribution in [2.45, 2.75) is 20.3 Å². The van der Waals surface area contributed by atoms with Gasteiger partial charge in [0.05, 0.1) is 5.69 Å². The first-order chi connectivity index (χ1) is 8.13. The molecular formula is C14H19N3. The zero-order valence-corrected chi connectivity index (χ0v) is 10.7. The molecule has 0 aliphatic rings. The third-order valence-electron chi connectivity index (χ3n) is 3.03. The van der Waals surface area contributed by atoms with Gasteiger partial charge in [0, 0.05) is 24.7 Å². The van der Waals surface area contributed by atoms with Crippen LogP contribution in [-0.2, 0) is 13.5 Å². The molecule has 0 bridgehead atoms. The molecule has 0 atom stereocenters. The molecule has 0 saturated carbocycles. The molecule has 1 heterocycles. The Kier molecular flexibility index (Phi) is 3.29. The van der Waals surface area contributed by atoms with Crippen LogP contribution in [0.5, 0.6) is 0 Å². The van der Waals surface area contributed by atoms with Crippen molar-refractivity contribution >= 4 is 0 Å². The van der Waals surface area contributed by atoms with E-state index in [0.29, 0.717) is 6.54 Å². The van der Waals surface area contributed by atoms with E-state index in [4.69, 9.17) is 5.73 Å². The highest BCUT2D eigenvalue weighted by Crippen LogP contribution is 2.27. The molecule has 0 spiro atoms. The molecule has 0 aliphatic heterocycles. The summed E-state index contributed by atoms with van der Waals surface area (Å²) in [4.78, 5) is 0. The first kappa shape index (κ1) is 11.9. The Morgan fingerprint density at radius 1 is 1.29 bits per heavy atom. The van der Waals surface area contributed by atoms with Crippen molar-refractivity contribution in [2.24, 2.45) is 12.8 Å². The van der Waals surface area contributed by atoms with Crippen molar-refractivity contribution < 1.29 is 0 Å². The van der Waals surface area contributed by atoms with E-state index < -0.39 is 0 Å². The topological polar surface area (TPSA) is 43.8 Å². The molecule has 0 aliphatic carbocycles. The van der Waals surface area contributed by atoms with E-state index in [0.717, 1.165) is 12.1 Å². The Hall–Kier alpha value is -1.61. The summed E-state index contributed by atoms with van der Waals surface area (Å²) < 4.78 is 1.94. The van der Waals surface area contributed by atoms with Crippen molar-refractivity contribution in [1.29, 1.82) is 0 Å². The summed E-state index contributed by atoms with van der Waals surface area (Å²) in [7, 11) is 1.98. The normalized spacial score (nSPS) is 10.8. The van der Waals surface area contributed by atoms with Gasteiger partial charge in [-0.15, -0.1) is 0 Å². The van der Waals surface area contributed by atoms with Crippen molar-refractivity contribution in [2.75, 3.05) is 6.54 Å². The maximum atomic E-state index is 5.67. The second kappa shape index (κ2) is 4.72. The van der Waals surface area contributed by atoms with Crippen LogP contribution >= 0.6 is 0 Å². The van der Waals surface area contributed by atoms with Crippen LogP contribution in [0.3, 0.4) is 0 Å². The Balaban J connectivity index is 2.57. The first-order valence-electron chi connectivity index (χ1n) is 5.93. The molecule has 1 aromatic carbocycles. The van der Waals surface area contributed by atoms with E-state index in [1.165, 1.54) is 22.4 Å². The number of aromatic nitrogens is 2. The zero-order chi connectivity index (χ0) is 12.4. The monoisotopic (exact) mass is 229 g/mol. The van der Waals surface area contributed by atoms with Crippen molar-refractivity contribution in [3.8, 4) is 11.1 Å². The van der Waals surface area contributed by atoms with Crippen LogP contribution in [-0.4, -0.2) is 16.3 Å². The van der Waals surface area contributed by atoms with Gasteiger partial charge in [-0.2, -0.15) is 5.10 Å². The third-order valence-corrected chi connectivity index (χ3v) is 3.03. The summed E-state index contributed by atoms with van der Waals surface area (Å²) >= 11 is 0. The van der Waals surface area contributed by atoms with E-state index in [2.05, 4.69) is 43.2 Å². The lowest BCUT2D eigenvalue weighted by Crippen LogP contribution is -2.08. The number of hydrogen-bond acceptors (Lipinski definition) is 2. The van der Waals surface area contributed by atoms with Crippen LogP contribution in [0.2, 0.25) is 0 Å². The lowest BCUT2D eigenvalue weighted by atomic mass is 10.0. The van der Waals surface area contributed by atoms with Gasteiger partial charge in [0.1, 0.15) is 0 Å². The van der Waals surface area contributed by atoms with E-state index in [-0.39, 0.29) is 0 Å². The van der Waals surface area contributed by atoms with Gasteiger partial charge in [0.25, 0.3) is 0 Å². The minimum atomic E-state index is 0.651. The lowest BCUT2D eigenvalue weighted by molar-refractivity contribution is 0.701. The minimum absolute atomic E-state index is 0.651. The second-order valence-electron chi connectivity index (χ2n) is 4.44. The number of nitrogens with zero attached hydrogens (tertiary/aromatic N) is 2. The standard InChI is InChI=1S/C14H19N3/c1-10-5-4-6-12(9-10)14-11(2)16-17(3)13(14)7-8-15/h4-6,9H,7-8,15H2,1-3H3. The smallest absolute Gasteiger partial charge is 0.0674 e. The van der Waals surface area contributed by atoms with Gasteiger partial charge >= 0.3 is 0 Å². The fourth-order valence-electron chi connectivity index (χ4n) is 2.31. The van der Waals surface area contributed by atoms with Gasteiger partial charge in [-0.05, 0) is 26.0 Å². The van der Waals surface area contributed by atoms with Gasteiger partial charge in [-0.3, -0.25) is 4.68 Å². The fourth-order valence-corrected chi connectivity index (χ4v) is 2.31. The maximum Gasteiger partial charge on any atom is 0.0674 e. The van der Waals surface area contributed by atoms with Crippen LogP contribution in [0.25, 0.3) is 11.1 Å². The predicted molar refractivity (Wildman–Crippen MR) is 70.9 cm³/mol. The van der Waals surface area contributed by atoms with Crippen molar-refractivity contribution in [3.63, 3.8) is 0 Å². The summed E-state index contributed by atoms with van der Waals surface area (Å²) in [5, 5.41) is 4.50. The first-order valence-corrected chi connectivity index (χ1v) is 5.93. The molecule has 2 aromatic rings. The molecule has 2 N–H and O–H groups in total. The van der Waals surface area contributed by atoms with Crippen molar-refractivity contribution in [1.82, 2.24) is 9.78 Å². The van der Waals surface area contributed by atoms with Crippen LogP contribution in [0.4, 0.5) is 0 Å². The molecule has 1 aromatic heterocycles. The summed E-state index contributed by atoms with van der Waals surface area (Å²) in [6, 6.07) is 8.53. The van der Waals surface area contributed by atoms with E-state index in [1.807, 2.05) is 11.7 Å². The predicted octanol–water partition coefficient (Wildman–Crippen LogP) is 2.21. The number of hydrogen-bond donors (Lipinski definition) is 1. The molecule has 0 amide bonds. The van der Waals surface area contributed by atoms with Gasteiger partial charge in [-0.25, -0.2) is 0 Å². The number of rotatable bonds is 3. The Bertz CT molecular complexity index is 526. The fraction of sp³-hybridized carbons (Fsp3) is 0.357. The molecule has 90 valence electrons. The quantitative estimate of drug-likeness (QED) is 0.877. The highest BCUT2D eigenvalue weighted by atomic mass is 15.3. The van der Waals surface area contributed by atoms with Gasteiger partial charge in [0.2, 0.25) is 0 Å².